The zero-order valence-electron chi connectivity index (χ0n) is 5.89. The summed E-state index contributed by atoms with van der Waals surface area (Å²) in [4.78, 5) is 1.56. The molecule has 0 aliphatic carbocycles. The van der Waals surface area contributed by atoms with E-state index in [0.717, 1.165) is 5.25 Å². The van der Waals surface area contributed by atoms with Gasteiger partial charge in [0.15, 0.2) is 0 Å². The molecule has 0 amide bonds. The minimum absolute atomic E-state index is 0.796. The van der Waals surface area contributed by atoms with Gasteiger partial charge in [0, 0.05) is 5.25 Å². The van der Waals surface area contributed by atoms with Gasteiger partial charge in [-0.15, -0.1) is 0 Å². The molecule has 0 N–H and O–H groups in total. The molecule has 0 saturated heterocycles. The normalized spacial score (nSPS) is 26.4. The summed E-state index contributed by atoms with van der Waals surface area (Å²) >= 11 is 0. The molecule has 1 aliphatic heterocycles. The predicted octanol–water partition coefficient (Wildman–Crippen LogP) is 3.45. The second kappa shape index (κ2) is 3.57. The van der Waals surface area contributed by atoms with E-state index in [-0.39, 0.29) is 0 Å². The van der Waals surface area contributed by atoms with Gasteiger partial charge in [-0.05, 0) is 17.7 Å². The van der Waals surface area contributed by atoms with E-state index in [4.69, 9.17) is 0 Å². The van der Waals surface area contributed by atoms with Gasteiger partial charge < -0.3 is 0 Å². The van der Waals surface area contributed by atoms with Crippen molar-refractivity contribution in [1.29, 1.82) is 0 Å². The maximum atomic E-state index is 2.40. The third kappa shape index (κ3) is 1.94. The zero-order chi connectivity index (χ0) is 6.69. The van der Waals surface area contributed by atoms with Crippen molar-refractivity contribution in [3.05, 3.63) is 11.0 Å². The first-order chi connectivity index (χ1) is 4.36. The predicted molar refractivity (Wildman–Crippen MR) is 47.6 cm³/mol. The van der Waals surface area contributed by atoms with Crippen molar-refractivity contribution in [3.8, 4) is 0 Å². The lowest BCUT2D eigenvalue weighted by Crippen LogP contribution is -1.87. The topological polar surface area (TPSA) is 0 Å². The Morgan fingerprint density at radius 2 is 2.33 bits per heavy atom. The summed E-state index contributed by atoms with van der Waals surface area (Å²) in [7, 11) is 3.95. The zero-order valence-corrected chi connectivity index (χ0v) is 7.52. The molecular formula is C7H12S2. The van der Waals surface area contributed by atoms with E-state index in [2.05, 4.69) is 19.9 Å². The van der Waals surface area contributed by atoms with Gasteiger partial charge in [-0.1, -0.05) is 41.5 Å². The number of hydrogen-bond donors (Lipinski definition) is 0. The fraction of sp³-hybridized carbons (Fsp3) is 0.714. The van der Waals surface area contributed by atoms with E-state index in [1.165, 1.54) is 12.8 Å². The molecule has 1 heterocycles. The van der Waals surface area contributed by atoms with Crippen LogP contribution < -0.4 is 0 Å². The standard InChI is InChI=1S/C7H12S2/c1-3-6-5-7(4-2)9-8-6/h5-6H,3-4H2,1-2H3. The quantitative estimate of drug-likeness (QED) is 0.567. The van der Waals surface area contributed by atoms with Crippen molar-refractivity contribution in [3.63, 3.8) is 0 Å². The largest absolute Gasteiger partial charge is 0.0816 e. The van der Waals surface area contributed by atoms with Crippen LogP contribution in [0.5, 0.6) is 0 Å². The smallest absolute Gasteiger partial charge is 0.0342 e. The molecule has 0 aromatic heterocycles. The average Bonchev–Trinajstić information content (AvgIpc) is 2.34. The summed E-state index contributed by atoms with van der Waals surface area (Å²) in [6.45, 7) is 4.46. The first-order valence-corrected chi connectivity index (χ1v) is 5.62. The Morgan fingerprint density at radius 3 is 2.67 bits per heavy atom. The summed E-state index contributed by atoms with van der Waals surface area (Å²) in [5.74, 6) is 0. The number of rotatable bonds is 2. The van der Waals surface area contributed by atoms with Gasteiger partial charge in [0.1, 0.15) is 0 Å². The first kappa shape index (κ1) is 7.55. The Labute approximate surface area is 64.9 Å². The molecule has 0 nitrogen and oxygen atoms in total. The van der Waals surface area contributed by atoms with E-state index >= 15 is 0 Å². The highest BCUT2D eigenvalue weighted by atomic mass is 33.1. The van der Waals surface area contributed by atoms with Crippen molar-refractivity contribution in [1.82, 2.24) is 0 Å². The lowest BCUT2D eigenvalue weighted by molar-refractivity contribution is 0.976. The van der Waals surface area contributed by atoms with Crippen molar-refractivity contribution in [2.45, 2.75) is 31.9 Å². The second-order valence-electron chi connectivity index (χ2n) is 2.11. The molecule has 52 valence electrons. The minimum Gasteiger partial charge on any atom is -0.0816 e. The Kier molecular flexibility index (Phi) is 2.99. The Morgan fingerprint density at radius 1 is 1.56 bits per heavy atom. The summed E-state index contributed by atoms with van der Waals surface area (Å²) in [6.07, 6.45) is 4.89. The van der Waals surface area contributed by atoms with Crippen molar-refractivity contribution in [2.75, 3.05) is 0 Å². The van der Waals surface area contributed by atoms with Crippen LogP contribution in [0.1, 0.15) is 26.7 Å². The highest BCUT2D eigenvalue weighted by Crippen LogP contribution is 2.44. The fourth-order valence-corrected chi connectivity index (χ4v) is 3.61. The highest BCUT2D eigenvalue weighted by Gasteiger charge is 2.13. The maximum absolute atomic E-state index is 2.40. The summed E-state index contributed by atoms with van der Waals surface area (Å²) in [5.41, 5.74) is 0. The third-order valence-corrected chi connectivity index (χ3v) is 4.53. The molecule has 0 spiro atoms. The number of allylic oxidation sites excluding steroid dienone is 1. The number of hydrogen-bond acceptors (Lipinski definition) is 2. The van der Waals surface area contributed by atoms with Crippen LogP contribution in [0.15, 0.2) is 11.0 Å². The highest BCUT2D eigenvalue weighted by molar-refractivity contribution is 8.78. The molecule has 1 atom stereocenters. The van der Waals surface area contributed by atoms with Crippen LogP contribution in [0.3, 0.4) is 0 Å². The van der Waals surface area contributed by atoms with Gasteiger partial charge >= 0.3 is 0 Å². The molecule has 0 aromatic carbocycles. The summed E-state index contributed by atoms with van der Waals surface area (Å²) in [6, 6.07) is 0. The van der Waals surface area contributed by atoms with Crippen molar-refractivity contribution in [2.24, 2.45) is 0 Å². The maximum Gasteiger partial charge on any atom is 0.0342 e. The van der Waals surface area contributed by atoms with Gasteiger partial charge in [-0.2, -0.15) is 0 Å². The van der Waals surface area contributed by atoms with Gasteiger partial charge in [-0.3, -0.25) is 0 Å². The average molecular weight is 160 g/mol. The monoisotopic (exact) mass is 160 g/mol. The van der Waals surface area contributed by atoms with Crippen LogP contribution in [0.25, 0.3) is 0 Å². The van der Waals surface area contributed by atoms with Gasteiger partial charge in [0.25, 0.3) is 0 Å². The van der Waals surface area contributed by atoms with E-state index in [1.807, 2.05) is 21.6 Å². The molecule has 2 heteroatoms. The molecule has 1 rings (SSSR count). The molecule has 0 radical (unpaired) electrons. The Bertz CT molecular complexity index is 118. The van der Waals surface area contributed by atoms with E-state index in [1.54, 1.807) is 4.91 Å². The van der Waals surface area contributed by atoms with Crippen LogP contribution >= 0.6 is 21.6 Å². The van der Waals surface area contributed by atoms with Gasteiger partial charge in [-0.25, -0.2) is 0 Å². The summed E-state index contributed by atoms with van der Waals surface area (Å²) < 4.78 is 0. The van der Waals surface area contributed by atoms with Crippen LogP contribution in [0.4, 0.5) is 0 Å². The van der Waals surface area contributed by atoms with Gasteiger partial charge in [0.2, 0.25) is 0 Å². The molecule has 1 aliphatic rings. The molecule has 0 fully saturated rings. The fourth-order valence-electron chi connectivity index (χ4n) is 0.749. The van der Waals surface area contributed by atoms with E-state index in [9.17, 15) is 0 Å². The van der Waals surface area contributed by atoms with Crippen LogP contribution in [0, 0.1) is 0 Å². The molecule has 9 heavy (non-hydrogen) atoms. The van der Waals surface area contributed by atoms with Crippen LogP contribution in [0.2, 0.25) is 0 Å². The third-order valence-electron chi connectivity index (χ3n) is 1.40. The summed E-state index contributed by atoms with van der Waals surface area (Å²) in [5, 5.41) is 0.796. The second-order valence-corrected chi connectivity index (χ2v) is 4.68. The minimum atomic E-state index is 0.796. The molecule has 0 bridgehead atoms. The lowest BCUT2D eigenvalue weighted by Gasteiger charge is -1.96. The van der Waals surface area contributed by atoms with Crippen LogP contribution in [-0.4, -0.2) is 5.25 Å². The lowest BCUT2D eigenvalue weighted by atomic mass is 10.3. The van der Waals surface area contributed by atoms with E-state index in [0.29, 0.717) is 0 Å². The molecule has 0 saturated carbocycles. The van der Waals surface area contributed by atoms with Crippen molar-refractivity contribution >= 4 is 21.6 Å². The van der Waals surface area contributed by atoms with Crippen LogP contribution in [-0.2, 0) is 0 Å². The van der Waals surface area contributed by atoms with Gasteiger partial charge in [0.05, 0.1) is 0 Å². The first-order valence-electron chi connectivity index (χ1n) is 3.40. The molecular weight excluding hydrogens is 148 g/mol. The van der Waals surface area contributed by atoms with Crippen molar-refractivity contribution < 1.29 is 0 Å². The Balaban J connectivity index is 2.40. The molecule has 0 aromatic rings. The van der Waals surface area contributed by atoms with E-state index < -0.39 is 0 Å². The SMILES string of the molecule is CCC1=CC(CC)SS1. The molecule has 1 unspecified atom stereocenters. The Hall–Kier alpha value is 0.440.